The fraction of sp³-hybridized carbons (Fsp3) is 0.526. The number of hydrogen-bond donors (Lipinski definition) is 1. The molecule has 0 aromatic heterocycles. The zero-order chi connectivity index (χ0) is 20.0. The van der Waals surface area contributed by atoms with Crippen molar-refractivity contribution in [3.8, 4) is 5.75 Å². The third-order valence-corrected chi connectivity index (χ3v) is 5.85. The van der Waals surface area contributed by atoms with Crippen LogP contribution < -0.4 is 10.1 Å². The number of imide groups is 1. The highest BCUT2D eigenvalue weighted by Gasteiger charge is 2.56. The highest BCUT2D eigenvalue weighted by atomic mass is 35.5. The Balaban J connectivity index is 1.74. The fourth-order valence-electron chi connectivity index (χ4n) is 4.50. The van der Waals surface area contributed by atoms with Gasteiger partial charge in [-0.25, -0.2) is 9.59 Å². The Bertz CT molecular complexity index is 811. The summed E-state index contributed by atoms with van der Waals surface area (Å²) in [6, 6.07) is 4.07. The molecule has 6 nitrogen and oxygen atoms in total. The summed E-state index contributed by atoms with van der Waals surface area (Å²) in [7, 11) is 0. The number of hydrogen-bond acceptors (Lipinski definition) is 4. The maximum absolute atomic E-state index is 13.0. The maximum atomic E-state index is 13.0. The second kappa shape index (κ2) is 6.99. The molecule has 3 rings (SSSR count). The fourth-order valence-corrected chi connectivity index (χ4v) is 4.83. The Kier molecular flexibility index (Phi) is 5.16. The Morgan fingerprint density at radius 2 is 2.00 bits per heavy atom. The van der Waals surface area contributed by atoms with Crippen LogP contribution in [0.3, 0.4) is 0 Å². The molecular weight excluding hydrogens is 391 g/mol. The first-order valence-corrected chi connectivity index (χ1v) is 9.57. The standard InChI is InChI=1S/C19H22Cl2N2O4/c1-11-7-18(2,3)10-19(8-11)16(25)23(17(26)22-19)9-14(24)27-13-6-4-5-12(20)15(13)21/h4-6,11H,7-10H2,1-3H3,(H,22,26)/t11-,19-/m1/s1. The van der Waals surface area contributed by atoms with Crippen LogP contribution in [0.2, 0.25) is 10.0 Å². The van der Waals surface area contributed by atoms with Crippen LogP contribution in [0, 0.1) is 11.3 Å². The average molecular weight is 413 g/mol. The van der Waals surface area contributed by atoms with E-state index < -0.39 is 24.1 Å². The van der Waals surface area contributed by atoms with Gasteiger partial charge in [0.1, 0.15) is 17.1 Å². The lowest BCUT2D eigenvalue weighted by atomic mass is 9.64. The van der Waals surface area contributed by atoms with Crippen molar-refractivity contribution in [1.29, 1.82) is 0 Å². The number of amides is 3. The van der Waals surface area contributed by atoms with Crippen molar-refractivity contribution in [3.63, 3.8) is 0 Å². The zero-order valence-electron chi connectivity index (χ0n) is 15.5. The lowest BCUT2D eigenvalue weighted by molar-refractivity contribution is -0.142. The smallest absolute Gasteiger partial charge is 0.331 e. The summed E-state index contributed by atoms with van der Waals surface area (Å²) in [5.41, 5.74) is -1.03. The van der Waals surface area contributed by atoms with E-state index in [1.54, 1.807) is 12.1 Å². The predicted octanol–water partition coefficient (Wildman–Crippen LogP) is 4.04. The molecule has 146 valence electrons. The van der Waals surface area contributed by atoms with Gasteiger partial charge in [0.2, 0.25) is 0 Å². The van der Waals surface area contributed by atoms with E-state index in [1.165, 1.54) is 6.07 Å². The number of carbonyl (C=O) groups excluding carboxylic acids is 3. The van der Waals surface area contributed by atoms with Crippen LogP contribution in [0.15, 0.2) is 18.2 Å². The predicted molar refractivity (Wildman–Crippen MR) is 102 cm³/mol. The summed E-state index contributed by atoms with van der Waals surface area (Å²) in [6.45, 7) is 5.76. The largest absolute Gasteiger partial charge is 0.424 e. The minimum Gasteiger partial charge on any atom is -0.424 e. The summed E-state index contributed by atoms with van der Waals surface area (Å²) in [5, 5.41) is 3.17. The number of ether oxygens (including phenoxy) is 1. The monoisotopic (exact) mass is 412 g/mol. The molecule has 1 aromatic carbocycles. The van der Waals surface area contributed by atoms with Crippen molar-refractivity contribution in [2.75, 3.05) is 6.54 Å². The van der Waals surface area contributed by atoms with Gasteiger partial charge in [-0.1, -0.05) is 50.0 Å². The van der Waals surface area contributed by atoms with Crippen LogP contribution in [0.1, 0.15) is 40.0 Å². The summed E-state index contributed by atoms with van der Waals surface area (Å²) in [6.07, 6.45) is 2.08. The van der Waals surface area contributed by atoms with Gasteiger partial charge in [0, 0.05) is 0 Å². The van der Waals surface area contributed by atoms with Crippen molar-refractivity contribution in [2.24, 2.45) is 11.3 Å². The molecule has 1 saturated carbocycles. The zero-order valence-corrected chi connectivity index (χ0v) is 17.0. The minimum atomic E-state index is -0.952. The van der Waals surface area contributed by atoms with E-state index in [1.807, 2.05) is 0 Å². The van der Waals surface area contributed by atoms with E-state index in [2.05, 4.69) is 26.1 Å². The van der Waals surface area contributed by atoms with Gasteiger partial charge in [-0.2, -0.15) is 0 Å². The number of carbonyl (C=O) groups is 3. The number of urea groups is 1. The molecule has 1 aliphatic heterocycles. The van der Waals surface area contributed by atoms with Gasteiger partial charge >= 0.3 is 12.0 Å². The molecule has 3 amide bonds. The molecule has 1 aromatic rings. The van der Waals surface area contributed by atoms with Crippen LogP contribution >= 0.6 is 23.2 Å². The molecule has 27 heavy (non-hydrogen) atoms. The Labute approximate surface area is 168 Å². The molecule has 0 radical (unpaired) electrons. The lowest BCUT2D eigenvalue weighted by Crippen LogP contribution is -2.54. The van der Waals surface area contributed by atoms with Gasteiger partial charge in [0.05, 0.1) is 5.02 Å². The highest BCUT2D eigenvalue weighted by Crippen LogP contribution is 2.46. The number of rotatable bonds is 3. The SMILES string of the molecule is C[C@@H]1CC(C)(C)C[C@@]2(C1)NC(=O)N(CC(=O)Oc1cccc(Cl)c1Cl)C2=O. The van der Waals surface area contributed by atoms with Crippen LogP contribution in [0.4, 0.5) is 4.79 Å². The summed E-state index contributed by atoms with van der Waals surface area (Å²) >= 11 is 11.9. The van der Waals surface area contributed by atoms with E-state index in [0.717, 1.165) is 11.3 Å². The second-order valence-electron chi connectivity index (χ2n) is 8.28. The van der Waals surface area contributed by atoms with Crippen molar-refractivity contribution >= 4 is 41.1 Å². The summed E-state index contributed by atoms with van der Waals surface area (Å²) in [5.74, 6) is -0.761. The molecule has 2 aliphatic rings. The number of benzene rings is 1. The molecule has 0 bridgehead atoms. The van der Waals surface area contributed by atoms with E-state index in [4.69, 9.17) is 27.9 Å². The molecule has 1 saturated heterocycles. The lowest BCUT2D eigenvalue weighted by Gasteiger charge is -2.43. The Hall–Kier alpha value is -1.79. The molecule has 2 atom stereocenters. The van der Waals surface area contributed by atoms with E-state index in [0.29, 0.717) is 12.8 Å². The quantitative estimate of drug-likeness (QED) is 0.461. The topological polar surface area (TPSA) is 75.7 Å². The van der Waals surface area contributed by atoms with Gasteiger partial charge in [0.25, 0.3) is 5.91 Å². The summed E-state index contributed by atoms with van der Waals surface area (Å²) < 4.78 is 5.19. The molecular formula is C19H22Cl2N2O4. The van der Waals surface area contributed by atoms with Gasteiger partial charge in [-0.15, -0.1) is 0 Å². The first kappa shape index (κ1) is 20.0. The Morgan fingerprint density at radius 3 is 2.67 bits per heavy atom. The highest BCUT2D eigenvalue weighted by molar-refractivity contribution is 6.43. The van der Waals surface area contributed by atoms with Gasteiger partial charge < -0.3 is 10.1 Å². The molecule has 1 aliphatic carbocycles. The Morgan fingerprint density at radius 1 is 1.30 bits per heavy atom. The number of esters is 1. The van der Waals surface area contributed by atoms with Gasteiger partial charge in [0.15, 0.2) is 5.75 Å². The van der Waals surface area contributed by atoms with E-state index in [9.17, 15) is 14.4 Å². The number of halogens is 2. The average Bonchev–Trinajstić information content (AvgIpc) is 2.73. The third-order valence-electron chi connectivity index (χ3n) is 5.05. The van der Waals surface area contributed by atoms with Crippen molar-refractivity contribution < 1.29 is 19.1 Å². The summed E-state index contributed by atoms with van der Waals surface area (Å²) in [4.78, 5) is 38.7. The molecule has 1 heterocycles. The van der Waals surface area contributed by atoms with Crippen LogP contribution in [-0.2, 0) is 9.59 Å². The molecule has 0 unspecified atom stereocenters. The number of nitrogens with one attached hydrogen (secondary N) is 1. The minimum absolute atomic E-state index is 0.0779. The normalized spacial score (nSPS) is 27.0. The molecule has 8 heteroatoms. The van der Waals surface area contributed by atoms with Crippen LogP contribution in [0.5, 0.6) is 5.75 Å². The van der Waals surface area contributed by atoms with Crippen LogP contribution in [0.25, 0.3) is 0 Å². The molecule has 1 N–H and O–H groups in total. The van der Waals surface area contributed by atoms with Crippen molar-refractivity contribution in [2.45, 2.75) is 45.6 Å². The second-order valence-corrected chi connectivity index (χ2v) is 9.07. The maximum Gasteiger partial charge on any atom is 0.331 e. The van der Waals surface area contributed by atoms with Crippen molar-refractivity contribution in [1.82, 2.24) is 10.2 Å². The third kappa shape index (κ3) is 3.92. The van der Waals surface area contributed by atoms with Crippen molar-refractivity contribution in [3.05, 3.63) is 28.2 Å². The first-order chi connectivity index (χ1) is 12.5. The number of nitrogens with zero attached hydrogens (tertiary/aromatic N) is 1. The van der Waals surface area contributed by atoms with Crippen LogP contribution in [-0.4, -0.2) is 34.9 Å². The van der Waals surface area contributed by atoms with E-state index in [-0.39, 0.29) is 33.0 Å². The first-order valence-electron chi connectivity index (χ1n) is 8.82. The van der Waals surface area contributed by atoms with E-state index >= 15 is 0 Å². The van der Waals surface area contributed by atoms with Gasteiger partial charge in [-0.05, 0) is 42.7 Å². The molecule has 2 fully saturated rings. The van der Waals surface area contributed by atoms with Gasteiger partial charge in [-0.3, -0.25) is 9.69 Å². The molecule has 1 spiro atoms.